The summed E-state index contributed by atoms with van der Waals surface area (Å²) in [4.78, 5) is 27.8. The maximum atomic E-state index is 13.3. The smallest absolute Gasteiger partial charge is 0.273 e. The molecular formula is C27H34N4O6. The molecule has 2 aliphatic heterocycles. The van der Waals surface area contributed by atoms with Gasteiger partial charge in [-0.05, 0) is 17.7 Å². The number of amides is 1. The topological polar surface area (TPSA) is 135 Å². The monoisotopic (exact) mass is 510 g/mol. The molecule has 198 valence electrons. The minimum atomic E-state index is -2.43. The quantitative estimate of drug-likeness (QED) is 0.222. The zero-order chi connectivity index (χ0) is 26.6. The van der Waals surface area contributed by atoms with Crippen LogP contribution in [0.2, 0.25) is 0 Å². The summed E-state index contributed by atoms with van der Waals surface area (Å²) >= 11 is 0. The summed E-state index contributed by atoms with van der Waals surface area (Å²) in [6, 6.07) is 12.0. The molecule has 2 aliphatic rings. The summed E-state index contributed by atoms with van der Waals surface area (Å²) in [6.45, 7) is 7.11. The lowest BCUT2D eigenvalue weighted by Crippen LogP contribution is -2.52. The van der Waals surface area contributed by atoms with Gasteiger partial charge in [0.15, 0.2) is 5.72 Å². The van der Waals surface area contributed by atoms with Crippen molar-refractivity contribution in [2.75, 3.05) is 38.7 Å². The molecule has 0 aliphatic carbocycles. The third-order valence-electron chi connectivity index (χ3n) is 7.01. The summed E-state index contributed by atoms with van der Waals surface area (Å²) in [7, 11) is 1.58. The molecular weight excluding hydrogens is 476 g/mol. The number of hydrogen-bond acceptors (Lipinski definition) is 9. The fourth-order valence-electron chi connectivity index (χ4n) is 4.91. The van der Waals surface area contributed by atoms with Gasteiger partial charge in [0.1, 0.15) is 6.29 Å². The first-order valence-corrected chi connectivity index (χ1v) is 12.3. The molecule has 2 aromatic carbocycles. The van der Waals surface area contributed by atoms with E-state index in [0.29, 0.717) is 48.4 Å². The number of nitrogens with one attached hydrogen (secondary N) is 2. The van der Waals surface area contributed by atoms with Crippen LogP contribution in [0.15, 0.2) is 54.7 Å². The fraction of sp³-hybridized carbons (Fsp3) is 0.407. The first-order valence-electron chi connectivity index (χ1n) is 12.3. The normalized spacial score (nSPS) is 17.7. The zero-order valence-electron chi connectivity index (χ0n) is 20.9. The molecule has 2 heterocycles. The van der Waals surface area contributed by atoms with E-state index in [2.05, 4.69) is 22.1 Å². The van der Waals surface area contributed by atoms with E-state index in [1.165, 1.54) is 4.90 Å². The molecule has 10 nitrogen and oxygen atoms in total. The van der Waals surface area contributed by atoms with E-state index in [1.807, 2.05) is 12.1 Å². The predicted molar refractivity (Wildman–Crippen MR) is 137 cm³/mol. The Labute approximate surface area is 216 Å². The van der Waals surface area contributed by atoms with E-state index in [4.69, 9.17) is 4.74 Å². The van der Waals surface area contributed by atoms with Gasteiger partial charge in [-0.1, -0.05) is 36.9 Å². The molecule has 0 aromatic heterocycles. The molecule has 37 heavy (non-hydrogen) atoms. The molecule has 1 amide bonds. The summed E-state index contributed by atoms with van der Waals surface area (Å²) in [5.41, 5.74) is 0.582. The number of likely N-dealkylation sites (N-methyl/N-ethyl adjacent to an activating group) is 1. The third-order valence-corrected chi connectivity index (χ3v) is 7.01. The summed E-state index contributed by atoms with van der Waals surface area (Å²) in [5, 5.41) is 39.4. The molecule has 1 saturated heterocycles. The number of benzene rings is 2. The summed E-state index contributed by atoms with van der Waals surface area (Å²) in [5.74, 6) is -2.88. The van der Waals surface area contributed by atoms with Gasteiger partial charge in [0.2, 0.25) is 0 Å². The van der Waals surface area contributed by atoms with Gasteiger partial charge in [-0.2, -0.15) is 0 Å². The number of carbonyl (C=O) groups excluding carboxylic acids is 2. The molecule has 1 atom stereocenters. The van der Waals surface area contributed by atoms with Crippen molar-refractivity contribution < 1.29 is 29.6 Å². The standard InChI is InChI=1S/C27H34N4O6/c1-19(28-2)26(34,11-6-14-32)31-18-22-21(25(31)33)8-5-10-24(22)29-27(35,36)23-9-4-3-7-20(23)17-30-12-15-37-16-13-30/h3-5,7-10,14,28-29,34-36H,1,6,11-13,15-18H2,2H3. The van der Waals surface area contributed by atoms with Crippen LogP contribution in [0.4, 0.5) is 5.69 Å². The molecule has 1 unspecified atom stereocenters. The van der Waals surface area contributed by atoms with E-state index in [9.17, 15) is 24.9 Å². The van der Waals surface area contributed by atoms with Gasteiger partial charge in [0.05, 0.1) is 25.5 Å². The first-order chi connectivity index (χ1) is 17.7. The van der Waals surface area contributed by atoms with Crippen LogP contribution >= 0.6 is 0 Å². The van der Waals surface area contributed by atoms with Gasteiger partial charge in [-0.3, -0.25) is 9.69 Å². The van der Waals surface area contributed by atoms with Crippen LogP contribution in [-0.4, -0.2) is 76.4 Å². The minimum absolute atomic E-state index is 0.0150. The molecule has 0 saturated carbocycles. The second-order valence-electron chi connectivity index (χ2n) is 9.32. The Hall–Kier alpha value is -3.28. The Morgan fingerprint density at radius 1 is 1.14 bits per heavy atom. The van der Waals surface area contributed by atoms with Crippen molar-refractivity contribution in [1.29, 1.82) is 0 Å². The van der Waals surface area contributed by atoms with E-state index in [1.54, 1.807) is 37.4 Å². The van der Waals surface area contributed by atoms with Gasteiger partial charge in [-0.15, -0.1) is 0 Å². The van der Waals surface area contributed by atoms with Crippen LogP contribution < -0.4 is 10.6 Å². The molecule has 4 rings (SSSR count). The first kappa shape index (κ1) is 26.8. The van der Waals surface area contributed by atoms with Gasteiger partial charge in [-0.25, -0.2) is 0 Å². The van der Waals surface area contributed by atoms with Gasteiger partial charge in [0.25, 0.3) is 11.8 Å². The van der Waals surface area contributed by atoms with E-state index in [-0.39, 0.29) is 25.1 Å². The number of carbonyl (C=O) groups is 2. The number of morpholine rings is 1. The average Bonchev–Trinajstić information content (AvgIpc) is 3.25. The molecule has 5 N–H and O–H groups in total. The van der Waals surface area contributed by atoms with Crippen molar-refractivity contribution >= 4 is 17.9 Å². The summed E-state index contributed by atoms with van der Waals surface area (Å²) < 4.78 is 5.41. The highest BCUT2D eigenvalue weighted by atomic mass is 16.5. The lowest BCUT2D eigenvalue weighted by molar-refractivity contribution is -0.144. The number of rotatable bonds is 11. The molecule has 2 aromatic rings. The molecule has 0 spiro atoms. The van der Waals surface area contributed by atoms with Crippen LogP contribution in [-0.2, 0) is 28.5 Å². The minimum Gasteiger partial charge on any atom is -0.388 e. The van der Waals surface area contributed by atoms with Crippen molar-refractivity contribution in [1.82, 2.24) is 15.1 Å². The molecule has 1 fully saturated rings. The van der Waals surface area contributed by atoms with Crippen molar-refractivity contribution in [2.45, 2.75) is 37.6 Å². The Balaban J connectivity index is 1.62. The number of aldehydes is 1. The highest BCUT2D eigenvalue weighted by molar-refractivity contribution is 6.00. The lowest BCUT2D eigenvalue weighted by atomic mass is 10.0. The second-order valence-corrected chi connectivity index (χ2v) is 9.32. The highest BCUT2D eigenvalue weighted by Gasteiger charge is 2.45. The summed E-state index contributed by atoms with van der Waals surface area (Å²) in [6.07, 6.45) is 0.672. The number of hydrogen-bond donors (Lipinski definition) is 5. The number of anilines is 1. The maximum Gasteiger partial charge on any atom is 0.273 e. The van der Waals surface area contributed by atoms with Gasteiger partial charge >= 0.3 is 0 Å². The fourth-order valence-corrected chi connectivity index (χ4v) is 4.91. The maximum absolute atomic E-state index is 13.3. The van der Waals surface area contributed by atoms with Crippen LogP contribution in [0, 0.1) is 0 Å². The van der Waals surface area contributed by atoms with Crippen molar-refractivity contribution in [3.63, 3.8) is 0 Å². The molecule has 0 radical (unpaired) electrons. The third kappa shape index (κ3) is 5.39. The molecule has 0 bridgehead atoms. The lowest BCUT2D eigenvalue weighted by Gasteiger charge is -2.38. The van der Waals surface area contributed by atoms with Crippen LogP contribution in [0.25, 0.3) is 0 Å². The number of ether oxygens (including phenoxy) is 1. The SMILES string of the molecule is C=C(NC)C(O)(CCC=O)N1Cc2c(NC(O)(O)c3ccccc3CN3CCOCC3)cccc2C1=O. The number of aliphatic hydroxyl groups is 3. The Morgan fingerprint density at radius 3 is 2.57 bits per heavy atom. The number of fused-ring (bicyclic) bond motifs is 1. The predicted octanol–water partition coefficient (Wildman–Crippen LogP) is 1.08. The van der Waals surface area contributed by atoms with Crippen molar-refractivity contribution in [3.05, 3.63) is 77.0 Å². The highest BCUT2D eigenvalue weighted by Crippen LogP contribution is 2.38. The van der Waals surface area contributed by atoms with E-state index < -0.39 is 17.5 Å². The number of nitrogens with zero attached hydrogens (tertiary/aromatic N) is 2. The van der Waals surface area contributed by atoms with E-state index in [0.717, 1.165) is 18.7 Å². The van der Waals surface area contributed by atoms with Crippen molar-refractivity contribution in [2.24, 2.45) is 0 Å². The van der Waals surface area contributed by atoms with E-state index >= 15 is 0 Å². The van der Waals surface area contributed by atoms with Crippen LogP contribution in [0.5, 0.6) is 0 Å². The molecule has 10 heteroatoms. The Kier molecular flexibility index (Phi) is 7.96. The second kappa shape index (κ2) is 11.0. The van der Waals surface area contributed by atoms with Crippen LogP contribution in [0.1, 0.15) is 39.9 Å². The average molecular weight is 511 g/mol. The van der Waals surface area contributed by atoms with Gasteiger partial charge in [0, 0.05) is 61.9 Å². The zero-order valence-corrected chi connectivity index (χ0v) is 20.9. The largest absolute Gasteiger partial charge is 0.388 e. The van der Waals surface area contributed by atoms with Crippen molar-refractivity contribution in [3.8, 4) is 0 Å². The van der Waals surface area contributed by atoms with Crippen LogP contribution in [0.3, 0.4) is 0 Å². The Bertz CT molecular complexity index is 1160. The Morgan fingerprint density at radius 2 is 1.86 bits per heavy atom. The van der Waals surface area contributed by atoms with Gasteiger partial charge < -0.3 is 40.4 Å².